The molecular weight excluding hydrogens is 387 g/mol. The lowest BCUT2D eigenvalue weighted by Crippen LogP contribution is -2.43. The second kappa shape index (κ2) is 7.85. The summed E-state index contributed by atoms with van der Waals surface area (Å²) in [6, 6.07) is 18.3. The minimum atomic E-state index is -3.70. The lowest BCUT2D eigenvalue weighted by Gasteiger charge is -2.30. The van der Waals surface area contributed by atoms with Crippen LogP contribution in [0.1, 0.15) is 17.8 Å². The molecule has 0 spiro atoms. The molecule has 0 amide bonds. The summed E-state index contributed by atoms with van der Waals surface area (Å²) in [6.07, 6.45) is 0. The number of nitrogens with one attached hydrogen (secondary N) is 1. The number of ketones is 1. The molecule has 1 aromatic heterocycles. The first-order valence-corrected chi connectivity index (χ1v) is 10.9. The molecule has 2 aromatic carbocycles. The smallest absolute Gasteiger partial charge is 0.296 e. The predicted molar refractivity (Wildman–Crippen MR) is 106 cm³/mol. The van der Waals surface area contributed by atoms with Gasteiger partial charge in [0.15, 0.2) is 0 Å². The molecule has 3 rings (SSSR count). The average Bonchev–Trinajstić information content (AvgIpc) is 3.21. The Bertz CT molecular complexity index is 903. The highest BCUT2D eigenvalue weighted by Crippen LogP contribution is 2.46. The third kappa shape index (κ3) is 3.93. The standard InChI is InChI=1S/C20H18F2NO2PS/c1-15(24)20(21,22)19(18-13-8-14-27-18)23-26(25,16-9-4-2-5-10-16)17-11-6-3-7-12-17/h2-14,19H,1H3,(H,23,25). The maximum Gasteiger partial charge on any atom is 0.325 e. The fraction of sp³-hybridized carbons (Fsp3) is 0.150. The van der Waals surface area contributed by atoms with Crippen molar-refractivity contribution < 1.29 is 18.1 Å². The van der Waals surface area contributed by atoms with E-state index in [2.05, 4.69) is 5.09 Å². The van der Waals surface area contributed by atoms with Crippen molar-refractivity contribution in [2.45, 2.75) is 18.9 Å². The van der Waals surface area contributed by atoms with Gasteiger partial charge in [0.2, 0.25) is 13.1 Å². The van der Waals surface area contributed by atoms with Gasteiger partial charge in [0.1, 0.15) is 6.04 Å². The van der Waals surface area contributed by atoms with E-state index < -0.39 is 25.0 Å². The average molecular weight is 405 g/mol. The number of thiophene rings is 1. The second-order valence-electron chi connectivity index (χ2n) is 6.04. The van der Waals surface area contributed by atoms with Crippen LogP contribution in [0.3, 0.4) is 0 Å². The van der Waals surface area contributed by atoms with Gasteiger partial charge in [0, 0.05) is 22.4 Å². The SMILES string of the molecule is CC(=O)C(F)(F)C(NP(=O)(c1ccccc1)c1ccccc1)c1cccs1. The van der Waals surface area contributed by atoms with Crippen molar-refractivity contribution in [1.29, 1.82) is 0 Å². The minimum absolute atomic E-state index is 0.252. The van der Waals surface area contributed by atoms with Crippen LogP contribution in [0.5, 0.6) is 0 Å². The molecule has 3 nitrogen and oxygen atoms in total. The van der Waals surface area contributed by atoms with Gasteiger partial charge in [0.05, 0.1) is 0 Å². The van der Waals surface area contributed by atoms with Gasteiger partial charge in [-0.05, 0) is 35.7 Å². The third-order valence-electron chi connectivity index (χ3n) is 4.21. The molecular formula is C20H18F2NO2PS. The van der Waals surface area contributed by atoms with E-state index in [4.69, 9.17) is 0 Å². The monoisotopic (exact) mass is 405 g/mol. The van der Waals surface area contributed by atoms with Crippen LogP contribution >= 0.6 is 18.6 Å². The van der Waals surface area contributed by atoms with E-state index in [1.54, 1.807) is 72.1 Å². The topological polar surface area (TPSA) is 46.2 Å². The molecule has 0 aliphatic rings. The Morgan fingerprint density at radius 1 is 0.963 bits per heavy atom. The molecule has 0 aliphatic carbocycles. The van der Waals surface area contributed by atoms with Crippen LogP contribution < -0.4 is 15.7 Å². The normalized spacial score (nSPS) is 13.3. The zero-order valence-electron chi connectivity index (χ0n) is 14.5. The molecule has 0 aliphatic heterocycles. The molecule has 0 saturated heterocycles. The molecule has 0 radical (unpaired) electrons. The number of rotatable bonds is 7. The summed E-state index contributed by atoms with van der Waals surface area (Å²) < 4.78 is 43.7. The van der Waals surface area contributed by atoms with Gasteiger partial charge in [0.25, 0.3) is 0 Å². The van der Waals surface area contributed by atoms with E-state index in [1.165, 1.54) is 6.07 Å². The number of carbonyl (C=O) groups is 1. The first kappa shape index (κ1) is 19.6. The maximum absolute atomic E-state index is 14.8. The molecule has 0 fully saturated rings. The molecule has 3 aromatic rings. The van der Waals surface area contributed by atoms with Gasteiger partial charge in [-0.2, -0.15) is 8.78 Å². The van der Waals surface area contributed by atoms with E-state index in [0.29, 0.717) is 10.6 Å². The van der Waals surface area contributed by atoms with Gasteiger partial charge in [-0.3, -0.25) is 9.36 Å². The van der Waals surface area contributed by atoms with Crippen LogP contribution in [-0.4, -0.2) is 11.7 Å². The lowest BCUT2D eigenvalue weighted by molar-refractivity contribution is -0.144. The number of benzene rings is 2. The van der Waals surface area contributed by atoms with Crippen molar-refractivity contribution in [3.8, 4) is 0 Å². The Labute approximate surface area is 160 Å². The summed E-state index contributed by atoms with van der Waals surface area (Å²) in [5, 5.41) is 5.13. The molecule has 1 atom stereocenters. The maximum atomic E-state index is 14.8. The van der Waals surface area contributed by atoms with Gasteiger partial charge in [-0.25, -0.2) is 5.09 Å². The Morgan fingerprint density at radius 3 is 1.89 bits per heavy atom. The zero-order chi connectivity index (χ0) is 19.5. The highest BCUT2D eigenvalue weighted by molar-refractivity contribution is 7.76. The summed E-state index contributed by atoms with van der Waals surface area (Å²) in [6.45, 7) is 0.845. The van der Waals surface area contributed by atoms with E-state index in [9.17, 15) is 18.1 Å². The van der Waals surface area contributed by atoms with E-state index in [-0.39, 0.29) is 4.88 Å². The zero-order valence-corrected chi connectivity index (χ0v) is 16.2. The minimum Gasteiger partial charge on any atom is -0.296 e. The molecule has 27 heavy (non-hydrogen) atoms. The quantitative estimate of drug-likeness (QED) is 0.588. The summed E-state index contributed by atoms with van der Waals surface area (Å²) >= 11 is 1.09. The number of hydrogen-bond donors (Lipinski definition) is 1. The van der Waals surface area contributed by atoms with Crippen molar-refractivity contribution in [3.05, 3.63) is 83.1 Å². The number of Topliss-reactive ketones (excluding diaryl/α,β-unsaturated/α-hetero) is 1. The second-order valence-corrected chi connectivity index (χ2v) is 9.53. The fourth-order valence-corrected chi connectivity index (χ4v) is 6.08. The largest absolute Gasteiger partial charge is 0.325 e. The summed E-state index contributed by atoms with van der Waals surface area (Å²) in [5.74, 6) is -4.98. The molecule has 140 valence electrons. The Kier molecular flexibility index (Phi) is 5.70. The summed E-state index contributed by atoms with van der Waals surface area (Å²) in [7, 11) is -3.63. The van der Waals surface area contributed by atoms with Crippen LogP contribution in [-0.2, 0) is 9.36 Å². The number of hydrogen-bond acceptors (Lipinski definition) is 3. The number of alkyl halides is 2. The Balaban J connectivity index is 2.15. The summed E-state index contributed by atoms with van der Waals surface area (Å²) in [5.41, 5.74) is 0. The molecule has 1 N–H and O–H groups in total. The lowest BCUT2D eigenvalue weighted by atomic mass is 10.1. The Hall–Kier alpha value is -2.14. The van der Waals surface area contributed by atoms with Crippen molar-refractivity contribution >= 4 is 35.0 Å². The highest BCUT2D eigenvalue weighted by Gasteiger charge is 2.49. The summed E-state index contributed by atoms with van der Waals surface area (Å²) in [4.78, 5) is 11.9. The highest BCUT2D eigenvalue weighted by atomic mass is 32.1. The first-order chi connectivity index (χ1) is 12.9. The van der Waals surface area contributed by atoms with Crippen LogP contribution in [0, 0.1) is 0 Å². The van der Waals surface area contributed by atoms with Gasteiger partial charge >= 0.3 is 5.92 Å². The van der Waals surface area contributed by atoms with Crippen molar-refractivity contribution in [3.63, 3.8) is 0 Å². The van der Waals surface area contributed by atoms with Crippen LogP contribution in [0.25, 0.3) is 0 Å². The van der Waals surface area contributed by atoms with E-state index >= 15 is 0 Å². The fourth-order valence-electron chi connectivity index (χ4n) is 2.74. The van der Waals surface area contributed by atoms with Gasteiger partial charge in [-0.1, -0.05) is 42.5 Å². The van der Waals surface area contributed by atoms with Crippen molar-refractivity contribution in [2.75, 3.05) is 0 Å². The van der Waals surface area contributed by atoms with Gasteiger partial charge in [-0.15, -0.1) is 11.3 Å². The van der Waals surface area contributed by atoms with E-state index in [1.807, 2.05) is 0 Å². The molecule has 1 unspecified atom stereocenters. The third-order valence-corrected chi connectivity index (χ3v) is 7.82. The molecule has 0 bridgehead atoms. The predicted octanol–water partition coefficient (Wildman–Crippen LogP) is 4.53. The van der Waals surface area contributed by atoms with Crippen LogP contribution in [0.4, 0.5) is 8.78 Å². The van der Waals surface area contributed by atoms with E-state index in [0.717, 1.165) is 18.3 Å². The molecule has 0 saturated carbocycles. The molecule has 7 heteroatoms. The van der Waals surface area contributed by atoms with Gasteiger partial charge < -0.3 is 0 Å². The molecule has 1 heterocycles. The van der Waals surface area contributed by atoms with Crippen molar-refractivity contribution in [2.24, 2.45) is 0 Å². The van der Waals surface area contributed by atoms with Crippen molar-refractivity contribution in [1.82, 2.24) is 5.09 Å². The Morgan fingerprint density at radius 2 is 1.48 bits per heavy atom. The van der Waals surface area contributed by atoms with Crippen LogP contribution in [0.2, 0.25) is 0 Å². The van der Waals surface area contributed by atoms with Crippen LogP contribution in [0.15, 0.2) is 78.2 Å². The number of carbonyl (C=O) groups excluding carboxylic acids is 1. The number of halogens is 2. The first-order valence-electron chi connectivity index (χ1n) is 8.27.